The van der Waals surface area contributed by atoms with Crippen molar-refractivity contribution in [1.82, 2.24) is 10.3 Å². The van der Waals surface area contributed by atoms with Crippen molar-refractivity contribution in [1.29, 1.82) is 0 Å². The predicted molar refractivity (Wildman–Crippen MR) is 93.0 cm³/mol. The number of hydrogen-bond acceptors (Lipinski definition) is 6. The summed E-state index contributed by atoms with van der Waals surface area (Å²) < 4.78 is 29.6. The highest BCUT2D eigenvalue weighted by Gasteiger charge is 2.25. The number of hydrazine groups is 1. The highest BCUT2D eigenvalue weighted by molar-refractivity contribution is 7.89. The lowest BCUT2D eigenvalue weighted by Crippen LogP contribution is -2.43. The summed E-state index contributed by atoms with van der Waals surface area (Å²) in [5.74, 6) is -0.264. The maximum Gasteiger partial charge on any atom is 0.289 e. The van der Waals surface area contributed by atoms with Crippen LogP contribution in [0.25, 0.3) is 0 Å². The fourth-order valence-electron chi connectivity index (χ4n) is 2.15. The molecular weight excluding hydrogens is 362 g/mol. The Hall–Kier alpha value is -2.98. The summed E-state index contributed by atoms with van der Waals surface area (Å²) in [7, 11) is -4.31. The second-order valence-electron chi connectivity index (χ2n) is 5.44. The molecule has 2 aromatic rings. The first-order chi connectivity index (χ1) is 12.2. The standard InChI is InChI=1S/C16H17N3O6S/c1-11-7-8-14(12(2)9-11)25-10-16(20)17-18-26(23,24)15-6-4-3-5-13(15)19(21)22/h3-9,18H,10H2,1-2H3,(H,17,20). The van der Waals surface area contributed by atoms with Crippen molar-refractivity contribution in [3.05, 3.63) is 63.7 Å². The number of nitrogens with one attached hydrogen (secondary N) is 2. The van der Waals surface area contributed by atoms with Gasteiger partial charge in [-0.15, -0.1) is 4.83 Å². The molecule has 26 heavy (non-hydrogen) atoms. The molecule has 2 aromatic carbocycles. The van der Waals surface area contributed by atoms with E-state index in [1.54, 1.807) is 6.07 Å². The number of nitro benzene ring substituents is 1. The zero-order valence-electron chi connectivity index (χ0n) is 14.1. The lowest BCUT2D eigenvalue weighted by Gasteiger charge is -2.11. The van der Waals surface area contributed by atoms with Crippen molar-refractivity contribution in [2.45, 2.75) is 18.7 Å². The number of carbonyl (C=O) groups excluding carboxylic acids is 1. The zero-order valence-corrected chi connectivity index (χ0v) is 14.9. The molecule has 0 heterocycles. The summed E-state index contributed by atoms with van der Waals surface area (Å²) in [5, 5.41) is 10.9. The number of nitro groups is 1. The molecule has 0 bridgehead atoms. The van der Waals surface area contributed by atoms with Gasteiger partial charge < -0.3 is 4.74 Å². The second-order valence-corrected chi connectivity index (χ2v) is 7.09. The van der Waals surface area contributed by atoms with Crippen LogP contribution in [0.3, 0.4) is 0 Å². The van der Waals surface area contributed by atoms with Gasteiger partial charge >= 0.3 is 0 Å². The van der Waals surface area contributed by atoms with Gasteiger partial charge in [-0.2, -0.15) is 0 Å². The van der Waals surface area contributed by atoms with E-state index in [-0.39, 0.29) is 0 Å². The molecule has 1 amide bonds. The molecule has 0 saturated heterocycles. The lowest BCUT2D eigenvalue weighted by molar-refractivity contribution is -0.387. The molecule has 138 valence electrons. The Labute approximate surface area is 150 Å². The minimum Gasteiger partial charge on any atom is -0.483 e. The van der Waals surface area contributed by atoms with Crippen LogP contribution in [0, 0.1) is 24.0 Å². The maximum atomic E-state index is 12.2. The molecule has 0 radical (unpaired) electrons. The van der Waals surface area contributed by atoms with Crippen LogP contribution in [0.5, 0.6) is 5.75 Å². The molecule has 2 rings (SSSR count). The van der Waals surface area contributed by atoms with Gasteiger partial charge in [-0.3, -0.25) is 20.3 Å². The largest absolute Gasteiger partial charge is 0.483 e. The molecule has 0 aliphatic carbocycles. The van der Waals surface area contributed by atoms with Gasteiger partial charge in [0.1, 0.15) is 5.75 Å². The number of ether oxygens (including phenoxy) is 1. The summed E-state index contributed by atoms with van der Waals surface area (Å²) >= 11 is 0. The average Bonchev–Trinajstić information content (AvgIpc) is 2.59. The Kier molecular flexibility index (Phi) is 5.90. The van der Waals surface area contributed by atoms with Gasteiger partial charge in [0.2, 0.25) is 0 Å². The molecule has 0 aliphatic rings. The van der Waals surface area contributed by atoms with Crippen molar-refractivity contribution in [3.63, 3.8) is 0 Å². The Morgan fingerprint density at radius 2 is 1.88 bits per heavy atom. The molecule has 0 spiro atoms. The smallest absolute Gasteiger partial charge is 0.289 e. The molecule has 0 saturated carbocycles. The van der Waals surface area contributed by atoms with Crippen molar-refractivity contribution in [3.8, 4) is 5.75 Å². The number of carbonyl (C=O) groups is 1. The number of para-hydroxylation sites is 1. The van der Waals surface area contributed by atoms with Gasteiger partial charge in [-0.1, -0.05) is 29.8 Å². The Morgan fingerprint density at radius 3 is 2.54 bits per heavy atom. The van der Waals surface area contributed by atoms with Crippen molar-refractivity contribution >= 4 is 21.6 Å². The van der Waals surface area contributed by atoms with E-state index in [2.05, 4.69) is 0 Å². The number of rotatable bonds is 7. The lowest BCUT2D eigenvalue weighted by atomic mass is 10.1. The third kappa shape index (κ3) is 4.77. The van der Waals surface area contributed by atoms with Crippen LogP contribution < -0.4 is 15.0 Å². The molecule has 0 fully saturated rings. The van der Waals surface area contributed by atoms with Crippen LogP contribution in [0.15, 0.2) is 47.4 Å². The van der Waals surface area contributed by atoms with E-state index < -0.39 is 38.0 Å². The highest BCUT2D eigenvalue weighted by Crippen LogP contribution is 2.22. The van der Waals surface area contributed by atoms with Crippen LogP contribution in [-0.2, 0) is 14.8 Å². The Bertz CT molecular complexity index is 943. The van der Waals surface area contributed by atoms with Gasteiger partial charge in [0.05, 0.1) is 4.92 Å². The SMILES string of the molecule is Cc1ccc(OCC(=O)NNS(=O)(=O)c2ccccc2[N+](=O)[O-])c(C)c1. The minimum absolute atomic E-state index is 0.427. The topological polar surface area (TPSA) is 128 Å². The summed E-state index contributed by atoms with van der Waals surface area (Å²) in [6.45, 7) is 3.31. The van der Waals surface area contributed by atoms with E-state index in [9.17, 15) is 23.3 Å². The fourth-order valence-corrected chi connectivity index (χ4v) is 3.19. The van der Waals surface area contributed by atoms with Crippen LogP contribution in [-0.4, -0.2) is 25.9 Å². The second kappa shape index (κ2) is 7.93. The third-order valence-electron chi connectivity index (χ3n) is 3.37. The van der Waals surface area contributed by atoms with E-state index in [1.165, 1.54) is 12.1 Å². The third-order valence-corrected chi connectivity index (χ3v) is 4.66. The fraction of sp³-hybridized carbons (Fsp3) is 0.188. The van der Waals surface area contributed by atoms with Crippen LogP contribution in [0.1, 0.15) is 11.1 Å². The number of benzene rings is 2. The van der Waals surface area contributed by atoms with Crippen LogP contribution in [0.2, 0.25) is 0 Å². The molecule has 10 heteroatoms. The molecular formula is C16H17N3O6S. The quantitative estimate of drug-likeness (QED) is 0.555. The number of hydrogen-bond donors (Lipinski definition) is 2. The van der Waals surface area contributed by atoms with Crippen molar-refractivity contribution in [2.24, 2.45) is 0 Å². The molecule has 0 aliphatic heterocycles. The summed E-state index contributed by atoms with van der Waals surface area (Å²) in [6, 6.07) is 10.2. The first-order valence-corrected chi connectivity index (χ1v) is 8.93. The Balaban J connectivity index is 1.99. The molecule has 0 aromatic heterocycles. The number of nitrogens with zero attached hydrogens (tertiary/aromatic N) is 1. The predicted octanol–water partition coefficient (Wildman–Crippen LogP) is 1.60. The van der Waals surface area contributed by atoms with E-state index in [4.69, 9.17) is 4.74 Å². The molecule has 0 unspecified atom stereocenters. The minimum atomic E-state index is -4.31. The summed E-state index contributed by atoms with van der Waals surface area (Å²) in [6.07, 6.45) is 0. The summed E-state index contributed by atoms with van der Waals surface area (Å²) in [4.78, 5) is 23.2. The van der Waals surface area contributed by atoms with Gasteiger partial charge in [0, 0.05) is 6.07 Å². The van der Waals surface area contributed by atoms with Gasteiger partial charge in [0.25, 0.3) is 21.6 Å². The van der Waals surface area contributed by atoms with Gasteiger partial charge in [0.15, 0.2) is 11.5 Å². The number of sulfonamides is 1. The number of aryl methyl sites for hydroxylation is 2. The van der Waals surface area contributed by atoms with E-state index in [0.29, 0.717) is 5.75 Å². The number of amides is 1. The van der Waals surface area contributed by atoms with E-state index >= 15 is 0 Å². The van der Waals surface area contributed by atoms with Gasteiger partial charge in [-0.05, 0) is 31.5 Å². The molecule has 0 atom stereocenters. The highest BCUT2D eigenvalue weighted by atomic mass is 32.2. The van der Waals surface area contributed by atoms with Crippen LogP contribution in [0.4, 0.5) is 5.69 Å². The first kappa shape index (κ1) is 19.3. The first-order valence-electron chi connectivity index (χ1n) is 7.45. The average molecular weight is 379 g/mol. The maximum absolute atomic E-state index is 12.2. The van der Waals surface area contributed by atoms with E-state index in [1.807, 2.05) is 36.2 Å². The van der Waals surface area contributed by atoms with Gasteiger partial charge in [-0.25, -0.2) is 8.42 Å². The summed E-state index contributed by atoms with van der Waals surface area (Å²) in [5.41, 5.74) is 3.24. The van der Waals surface area contributed by atoms with E-state index in [0.717, 1.165) is 23.3 Å². The molecule has 2 N–H and O–H groups in total. The van der Waals surface area contributed by atoms with Crippen LogP contribution >= 0.6 is 0 Å². The Morgan fingerprint density at radius 1 is 1.19 bits per heavy atom. The molecule has 9 nitrogen and oxygen atoms in total. The monoisotopic (exact) mass is 379 g/mol. The van der Waals surface area contributed by atoms with Crippen molar-refractivity contribution in [2.75, 3.05) is 6.61 Å². The van der Waals surface area contributed by atoms with Crippen molar-refractivity contribution < 1.29 is 22.9 Å². The zero-order chi connectivity index (χ0) is 19.3. The normalized spacial score (nSPS) is 11.0.